The summed E-state index contributed by atoms with van der Waals surface area (Å²) in [6.45, 7) is 10.1. The number of nitrogens with zero attached hydrogens (tertiary/aromatic N) is 2. The average Bonchev–Trinajstić information content (AvgIpc) is 3.09. The van der Waals surface area contributed by atoms with Crippen LogP contribution in [0.5, 0.6) is 0 Å². The van der Waals surface area contributed by atoms with Crippen molar-refractivity contribution in [1.29, 1.82) is 0 Å². The largest absolute Gasteiger partial charge is 0.366 e. The Balaban J connectivity index is 1.78. The lowest BCUT2D eigenvalue weighted by Crippen LogP contribution is -2.48. The molecule has 0 radical (unpaired) electrons. The lowest BCUT2D eigenvalue weighted by atomic mass is 9.79. The highest BCUT2D eigenvalue weighted by Crippen LogP contribution is 2.43. The molecular formula is C20H25N3OS. The van der Waals surface area contributed by atoms with E-state index in [1.54, 1.807) is 12.3 Å². The summed E-state index contributed by atoms with van der Waals surface area (Å²) < 4.78 is 0. The van der Waals surface area contributed by atoms with Crippen molar-refractivity contribution in [2.24, 2.45) is 5.10 Å². The summed E-state index contributed by atoms with van der Waals surface area (Å²) in [5.41, 5.74) is 6.44. The lowest BCUT2D eigenvalue weighted by molar-refractivity contribution is 0.0959. The Labute approximate surface area is 153 Å². The molecule has 2 aromatic rings. The van der Waals surface area contributed by atoms with E-state index in [2.05, 4.69) is 61.3 Å². The first-order valence-electron chi connectivity index (χ1n) is 8.71. The van der Waals surface area contributed by atoms with Gasteiger partial charge in [0.25, 0.3) is 5.91 Å². The monoisotopic (exact) mass is 355 g/mol. The van der Waals surface area contributed by atoms with Crippen molar-refractivity contribution < 1.29 is 4.79 Å². The normalized spacial score (nSPS) is 19.0. The maximum absolute atomic E-state index is 11.9. The molecule has 1 aromatic carbocycles. The first-order valence-corrected chi connectivity index (χ1v) is 9.59. The van der Waals surface area contributed by atoms with Gasteiger partial charge in [0.15, 0.2) is 0 Å². The minimum Gasteiger partial charge on any atom is -0.366 e. The molecular weight excluding hydrogens is 330 g/mol. The van der Waals surface area contributed by atoms with E-state index in [0.29, 0.717) is 10.8 Å². The molecule has 0 spiro atoms. The van der Waals surface area contributed by atoms with E-state index in [1.807, 2.05) is 11.4 Å². The zero-order valence-electron chi connectivity index (χ0n) is 15.2. The van der Waals surface area contributed by atoms with E-state index in [0.717, 1.165) is 18.5 Å². The number of fused-ring (bicyclic) bond motifs is 1. The number of hydrogen-bond acceptors (Lipinski definition) is 4. The Morgan fingerprint density at radius 3 is 2.92 bits per heavy atom. The summed E-state index contributed by atoms with van der Waals surface area (Å²) in [5.74, 6) is 0.332. The van der Waals surface area contributed by atoms with Gasteiger partial charge in [0.05, 0.1) is 11.1 Å². The molecule has 5 heteroatoms. The second-order valence-corrected chi connectivity index (χ2v) is 8.10. The third-order valence-electron chi connectivity index (χ3n) is 4.85. The van der Waals surface area contributed by atoms with Crippen LogP contribution in [0, 0.1) is 0 Å². The minimum atomic E-state index is -0.170. The van der Waals surface area contributed by atoms with Gasteiger partial charge in [-0.3, -0.25) is 4.79 Å². The van der Waals surface area contributed by atoms with E-state index in [-0.39, 0.29) is 11.4 Å². The van der Waals surface area contributed by atoms with Crippen LogP contribution < -0.4 is 10.3 Å². The van der Waals surface area contributed by atoms with E-state index in [9.17, 15) is 4.79 Å². The Kier molecular flexibility index (Phi) is 4.95. The zero-order valence-corrected chi connectivity index (χ0v) is 16.1. The summed E-state index contributed by atoms with van der Waals surface area (Å²) in [5, 5.41) is 5.99. The number of anilines is 1. The molecule has 4 nitrogen and oxygen atoms in total. The number of hydrogen-bond donors (Lipinski definition) is 1. The van der Waals surface area contributed by atoms with Crippen LogP contribution >= 0.6 is 11.3 Å². The molecule has 0 saturated heterocycles. The molecule has 3 rings (SSSR count). The highest BCUT2D eigenvalue weighted by atomic mass is 32.1. The standard InChI is InChI=1S/C20H25N3OS/c1-5-23-17-9-8-15(11-16(17)14(2)12-20(23,3)4)13-21-22-19(24)18-7-6-10-25-18/h6-11,13-14H,5,12H2,1-4H3,(H,22,24)/b21-13+/t14-/m1/s1. The van der Waals surface area contributed by atoms with Crippen molar-refractivity contribution in [2.45, 2.75) is 45.6 Å². The average molecular weight is 356 g/mol. The van der Waals surface area contributed by atoms with Crippen molar-refractivity contribution in [3.05, 3.63) is 51.7 Å². The maximum atomic E-state index is 11.9. The van der Waals surface area contributed by atoms with Gasteiger partial charge in [-0.25, -0.2) is 5.43 Å². The van der Waals surface area contributed by atoms with Gasteiger partial charge in [0.1, 0.15) is 0 Å². The fourth-order valence-electron chi connectivity index (χ4n) is 3.82. The highest BCUT2D eigenvalue weighted by molar-refractivity contribution is 7.12. The van der Waals surface area contributed by atoms with E-state index >= 15 is 0 Å². The van der Waals surface area contributed by atoms with Crippen LogP contribution in [0.3, 0.4) is 0 Å². The van der Waals surface area contributed by atoms with Crippen molar-refractivity contribution in [3.63, 3.8) is 0 Å². The van der Waals surface area contributed by atoms with Gasteiger partial charge in [-0.2, -0.15) is 5.10 Å². The van der Waals surface area contributed by atoms with Crippen LogP contribution in [0.15, 0.2) is 40.8 Å². The molecule has 0 unspecified atom stereocenters. The Morgan fingerprint density at radius 2 is 2.24 bits per heavy atom. The van der Waals surface area contributed by atoms with E-state index in [4.69, 9.17) is 0 Å². The predicted molar refractivity (Wildman–Crippen MR) is 106 cm³/mol. The van der Waals surface area contributed by atoms with Gasteiger partial charge >= 0.3 is 0 Å². The minimum absolute atomic E-state index is 0.170. The van der Waals surface area contributed by atoms with Gasteiger partial charge in [-0.15, -0.1) is 11.3 Å². The molecule has 1 amide bonds. The third-order valence-corrected chi connectivity index (χ3v) is 5.72. The van der Waals surface area contributed by atoms with Crippen molar-refractivity contribution in [1.82, 2.24) is 5.43 Å². The summed E-state index contributed by atoms with van der Waals surface area (Å²) in [7, 11) is 0. The topological polar surface area (TPSA) is 44.7 Å². The Hall–Kier alpha value is -2.14. The Bertz CT molecular complexity index is 780. The van der Waals surface area contributed by atoms with Crippen LogP contribution in [-0.2, 0) is 0 Å². The third kappa shape index (κ3) is 3.61. The molecule has 2 heterocycles. The number of thiophene rings is 1. The van der Waals surface area contributed by atoms with Gasteiger partial charge in [0.2, 0.25) is 0 Å². The summed E-state index contributed by atoms with van der Waals surface area (Å²) in [6, 6.07) is 10.1. The molecule has 1 N–H and O–H groups in total. The number of benzene rings is 1. The SMILES string of the molecule is CCN1c2ccc(/C=N/NC(=O)c3cccs3)cc2[C@H](C)CC1(C)C. The first-order chi connectivity index (χ1) is 11.9. The molecule has 0 fully saturated rings. The fourth-order valence-corrected chi connectivity index (χ4v) is 4.43. The number of rotatable bonds is 4. The Morgan fingerprint density at radius 1 is 1.44 bits per heavy atom. The first kappa shape index (κ1) is 17.7. The van der Waals surface area contributed by atoms with Gasteiger partial charge < -0.3 is 4.90 Å². The van der Waals surface area contributed by atoms with E-state index < -0.39 is 0 Å². The van der Waals surface area contributed by atoms with Crippen LogP contribution in [0.25, 0.3) is 0 Å². The van der Waals surface area contributed by atoms with Gasteiger partial charge in [-0.1, -0.05) is 19.1 Å². The lowest BCUT2D eigenvalue weighted by Gasteiger charge is -2.47. The predicted octanol–water partition coefficient (Wildman–Crippen LogP) is 4.62. The molecule has 1 atom stereocenters. The number of amides is 1. The van der Waals surface area contributed by atoms with Crippen molar-refractivity contribution >= 4 is 29.1 Å². The van der Waals surface area contributed by atoms with Gasteiger partial charge in [0, 0.05) is 17.8 Å². The number of nitrogens with one attached hydrogen (secondary N) is 1. The van der Waals surface area contributed by atoms with Gasteiger partial charge in [-0.05, 0) is 67.8 Å². The molecule has 25 heavy (non-hydrogen) atoms. The van der Waals surface area contributed by atoms with Crippen LogP contribution in [-0.4, -0.2) is 24.2 Å². The number of carbonyl (C=O) groups excluding carboxylic acids is 1. The van der Waals surface area contributed by atoms with Crippen LogP contribution in [0.1, 0.15) is 60.8 Å². The molecule has 0 saturated carbocycles. The molecule has 1 aliphatic rings. The summed E-state index contributed by atoms with van der Waals surface area (Å²) >= 11 is 1.41. The number of hydrazone groups is 1. The molecule has 0 aliphatic carbocycles. The van der Waals surface area contributed by atoms with Crippen molar-refractivity contribution in [2.75, 3.05) is 11.4 Å². The van der Waals surface area contributed by atoms with E-state index in [1.165, 1.54) is 22.6 Å². The molecule has 132 valence electrons. The summed E-state index contributed by atoms with van der Waals surface area (Å²) in [4.78, 5) is 15.1. The zero-order chi connectivity index (χ0) is 18.0. The maximum Gasteiger partial charge on any atom is 0.281 e. The second-order valence-electron chi connectivity index (χ2n) is 7.16. The number of carbonyl (C=O) groups is 1. The summed E-state index contributed by atoms with van der Waals surface area (Å²) in [6.07, 6.45) is 2.85. The van der Waals surface area contributed by atoms with Crippen molar-refractivity contribution in [3.8, 4) is 0 Å². The molecule has 1 aromatic heterocycles. The quantitative estimate of drug-likeness (QED) is 0.642. The van der Waals surface area contributed by atoms with Crippen LogP contribution in [0.4, 0.5) is 5.69 Å². The fraction of sp³-hybridized carbons (Fsp3) is 0.400. The molecule has 1 aliphatic heterocycles. The second kappa shape index (κ2) is 7.00. The smallest absolute Gasteiger partial charge is 0.281 e. The molecule has 0 bridgehead atoms. The van der Waals surface area contributed by atoms with Crippen LogP contribution in [0.2, 0.25) is 0 Å². The highest BCUT2D eigenvalue weighted by Gasteiger charge is 2.35.